The molecule has 0 spiro atoms. The number of piperazine rings is 1. The summed E-state index contributed by atoms with van der Waals surface area (Å²) in [5, 5.41) is 9.80. The van der Waals surface area contributed by atoms with Crippen LogP contribution in [0.1, 0.15) is 10.4 Å². The number of Topliss-reactive ketones (excluding diaryl/α,β-unsaturated/α-hetero) is 1. The van der Waals surface area contributed by atoms with Gasteiger partial charge in [-0.3, -0.25) is 9.59 Å². The monoisotopic (exact) mass is 303 g/mol. The molecule has 1 aliphatic heterocycles. The van der Waals surface area contributed by atoms with Crippen LogP contribution in [0.2, 0.25) is 0 Å². The molecule has 0 saturated carbocycles. The van der Waals surface area contributed by atoms with Gasteiger partial charge in [0.25, 0.3) is 0 Å². The zero-order valence-corrected chi connectivity index (χ0v) is 12.9. The minimum atomic E-state index is -0.568. The summed E-state index contributed by atoms with van der Waals surface area (Å²) >= 11 is 0. The molecule has 6 heteroatoms. The minimum Gasteiger partial charge on any atom is -0.508 e. The second kappa shape index (κ2) is 7.20. The number of aromatic hydroxyl groups is 1. The molecular weight excluding hydrogens is 282 g/mol. The molecule has 2 heterocycles. The summed E-state index contributed by atoms with van der Waals surface area (Å²) in [6.45, 7) is 4.93. The molecule has 1 fully saturated rings. The molecule has 1 aromatic heterocycles. The maximum Gasteiger partial charge on any atom is 0.227 e. The van der Waals surface area contributed by atoms with Gasteiger partial charge in [0.2, 0.25) is 5.78 Å². The first-order valence-corrected chi connectivity index (χ1v) is 7.18. The number of aromatic nitrogens is 1. The number of carbonyl (C=O) groups is 2. The summed E-state index contributed by atoms with van der Waals surface area (Å²) in [5.74, 6) is -0.452. The van der Waals surface area contributed by atoms with Crippen molar-refractivity contribution in [2.45, 2.75) is 0 Å². The lowest BCUT2D eigenvalue weighted by Crippen LogP contribution is -2.42. The summed E-state index contributed by atoms with van der Waals surface area (Å²) in [7, 11) is 4.35. The first kappa shape index (κ1) is 16.2. The molecule has 2 aromatic rings. The molecule has 1 saturated heterocycles. The Balaban J connectivity index is 0.000000188. The molecule has 22 heavy (non-hydrogen) atoms. The van der Waals surface area contributed by atoms with Crippen LogP contribution in [0.4, 0.5) is 0 Å². The average Bonchev–Trinajstić information content (AvgIpc) is 2.93. The van der Waals surface area contributed by atoms with Gasteiger partial charge < -0.3 is 19.9 Å². The molecular formula is C16H21N3O3. The molecule has 0 amide bonds. The topological polar surface area (TPSA) is 76.6 Å². The number of carbonyl (C=O) groups excluding carboxylic acids is 2. The predicted octanol–water partition coefficient (Wildman–Crippen LogP) is 1.12. The highest BCUT2D eigenvalue weighted by Gasteiger charge is 2.10. The zero-order chi connectivity index (χ0) is 16.1. The van der Waals surface area contributed by atoms with E-state index in [0.29, 0.717) is 16.5 Å². The summed E-state index contributed by atoms with van der Waals surface area (Å²) in [5.41, 5.74) is 0.963. The number of aromatic amines is 1. The summed E-state index contributed by atoms with van der Waals surface area (Å²) in [4.78, 5) is 29.0. The smallest absolute Gasteiger partial charge is 0.227 e. The van der Waals surface area contributed by atoms with Gasteiger partial charge in [-0.1, -0.05) is 0 Å². The third-order valence-corrected chi connectivity index (χ3v) is 3.76. The molecule has 0 aliphatic carbocycles. The van der Waals surface area contributed by atoms with Crippen molar-refractivity contribution >= 4 is 23.0 Å². The van der Waals surface area contributed by atoms with Gasteiger partial charge in [0.05, 0.1) is 5.56 Å². The van der Waals surface area contributed by atoms with Gasteiger partial charge in [0.1, 0.15) is 5.75 Å². The SMILES string of the molecule is CN1CCN(C)CC1.O=CC(=O)c1c[nH]c2cc(O)ccc12. The van der Waals surface area contributed by atoms with Crippen LogP contribution >= 0.6 is 0 Å². The number of nitrogens with one attached hydrogen (secondary N) is 1. The molecule has 1 aliphatic rings. The highest BCUT2D eigenvalue weighted by atomic mass is 16.3. The van der Waals surface area contributed by atoms with E-state index in [1.165, 1.54) is 44.5 Å². The van der Waals surface area contributed by atoms with Crippen molar-refractivity contribution in [3.05, 3.63) is 30.0 Å². The van der Waals surface area contributed by atoms with Crippen LogP contribution in [0, 0.1) is 0 Å². The van der Waals surface area contributed by atoms with Crippen LogP contribution < -0.4 is 0 Å². The maximum absolute atomic E-state index is 11.1. The van der Waals surface area contributed by atoms with Crippen LogP contribution in [-0.4, -0.2) is 72.2 Å². The third-order valence-electron chi connectivity index (χ3n) is 3.76. The van der Waals surface area contributed by atoms with Crippen molar-refractivity contribution < 1.29 is 14.7 Å². The van der Waals surface area contributed by atoms with Crippen LogP contribution in [0.5, 0.6) is 5.75 Å². The van der Waals surface area contributed by atoms with Crippen molar-refractivity contribution in [1.29, 1.82) is 0 Å². The van der Waals surface area contributed by atoms with Crippen molar-refractivity contribution in [2.75, 3.05) is 40.3 Å². The molecule has 0 bridgehead atoms. The minimum absolute atomic E-state index is 0.115. The molecule has 1 aromatic carbocycles. The van der Waals surface area contributed by atoms with E-state index >= 15 is 0 Å². The fourth-order valence-corrected chi connectivity index (χ4v) is 2.29. The van der Waals surface area contributed by atoms with Crippen molar-refractivity contribution in [3.63, 3.8) is 0 Å². The number of hydrogen-bond donors (Lipinski definition) is 2. The lowest BCUT2D eigenvalue weighted by atomic mass is 10.1. The first-order chi connectivity index (χ1) is 10.5. The number of fused-ring (bicyclic) bond motifs is 1. The number of rotatable bonds is 2. The van der Waals surface area contributed by atoms with Gasteiger partial charge in [0, 0.05) is 49.3 Å². The number of benzene rings is 1. The number of aldehydes is 1. The number of hydrogen-bond acceptors (Lipinski definition) is 5. The fraction of sp³-hybridized carbons (Fsp3) is 0.375. The first-order valence-electron chi connectivity index (χ1n) is 7.18. The summed E-state index contributed by atoms with van der Waals surface area (Å²) in [6.07, 6.45) is 1.73. The Labute approximate surface area is 129 Å². The fourth-order valence-electron chi connectivity index (χ4n) is 2.29. The number of phenolic OH excluding ortho intramolecular Hbond substituents is 1. The van der Waals surface area contributed by atoms with E-state index in [0.717, 1.165) is 0 Å². The quantitative estimate of drug-likeness (QED) is 0.494. The lowest BCUT2D eigenvalue weighted by molar-refractivity contribution is -0.104. The average molecular weight is 303 g/mol. The summed E-state index contributed by atoms with van der Waals surface area (Å²) in [6, 6.07) is 4.56. The summed E-state index contributed by atoms with van der Waals surface area (Å²) < 4.78 is 0. The van der Waals surface area contributed by atoms with E-state index in [1.54, 1.807) is 6.07 Å². The van der Waals surface area contributed by atoms with Crippen LogP contribution in [0.15, 0.2) is 24.4 Å². The predicted molar refractivity (Wildman–Crippen MR) is 85.4 cm³/mol. The van der Waals surface area contributed by atoms with E-state index in [1.807, 2.05) is 0 Å². The zero-order valence-electron chi connectivity index (χ0n) is 12.9. The molecule has 2 N–H and O–H groups in total. The molecule has 0 radical (unpaired) electrons. The number of likely N-dealkylation sites (N-methyl/N-ethyl adjacent to an activating group) is 2. The van der Waals surface area contributed by atoms with E-state index in [4.69, 9.17) is 5.11 Å². The van der Waals surface area contributed by atoms with Crippen molar-refractivity contribution in [3.8, 4) is 5.75 Å². The van der Waals surface area contributed by atoms with Crippen LogP contribution in [-0.2, 0) is 4.79 Å². The Morgan fingerprint density at radius 3 is 2.32 bits per heavy atom. The molecule has 118 valence electrons. The third kappa shape index (κ3) is 3.93. The Morgan fingerprint density at radius 2 is 1.77 bits per heavy atom. The largest absolute Gasteiger partial charge is 0.508 e. The number of ketones is 1. The van der Waals surface area contributed by atoms with E-state index < -0.39 is 5.78 Å². The maximum atomic E-state index is 11.1. The molecule has 0 atom stereocenters. The number of phenols is 1. The van der Waals surface area contributed by atoms with Gasteiger partial charge in [-0.05, 0) is 26.2 Å². The Kier molecular flexibility index (Phi) is 5.30. The standard InChI is InChI=1S/C10H7NO3.C6H14N2/c12-5-10(14)8-4-11-9-3-6(13)1-2-7(8)9;1-7-3-5-8(2)6-4-7/h1-5,11,13H;3-6H2,1-2H3. The van der Waals surface area contributed by atoms with Crippen LogP contribution in [0.3, 0.4) is 0 Å². The molecule has 3 rings (SSSR count). The number of nitrogens with zero attached hydrogens (tertiary/aromatic N) is 2. The van der Waals surface area contributed by atoms with Gasteiger partial charge in [-0.2, -0.15) is 0 Å². The van der Waals surface area contributed by atoms with Gasteiger partial charge >= 0.3 is 0 Å². The van der Waals surface area contributed by atoms with Gasteiger partial charge in [0.15, 0.2) is 6.29 Å². The molecule has 6 nitrogen and oxygen atoms in total. The Bertz CT molecular complexity index is 648. The molecule has 0 unspecified atom stereocenters. The second-order valence-electron chi connectivity index (χ2n) is 5.52. The highest BCUT2D eigenvalue weighted by molar-refractivity contribution is 6.36. The van der Waals surface area contributed by atoms with Crippen molar-refractivity contribution in [1.82, 2.24) is 14.8 Å². The van der Waals surface area contributed by atoms with Crippen molar-refractivity contribution in [2.24, 2.45) is 0 Å². The Morgan fingerprint density at radius 1 is 1.18 bits per heavy atom. The normalized spacial score (nSPS) is 16.1. The van der Waals surface area contributed by atoms with E-state index in [9.17, 15) is 9.59 Å². The number of H-pyrrole nitrogens is 1. The lowest BCUT2D eigenvalue weighted by Gasteiger charge is -2.28. The van der Waals surface area contributed by atoms with Gasteiger partial charge in [-0.25, -0.2) is 0 Å². The van der Waals surface area contributed by atoms with E-state index in [2.05, 4.69) is 28.9 Å². The van der Waals surface area contributed by atoms with E-state index in [-0.39, 0.29) is 12.0 Å². The second-order valence-corrected chi connectivity index (χ2v) is 5.52. The van der Waals surface area contributed by atoms with Gasteiger partial charge in [-0.15, -0.1) is 0 Å². The van der Waals surface area contributed by atoms with Crippen LogP contribution in [0.25, 0.3) is 10.9 Å². The highest BCUT2D eigenvalue weighted by Crippen LogP contribution is 2.22. The Hall–Kier alpha value is -2.18.